The smallest absolute Gasteiger partial charge is 0.241 e. The van der Waals surface area contributed by atoms with Gasteiger partial charge in [0.2, 0.25) is 5.91 Å². The number of rotatable bonds is 5. The van der Waals surface area contributed by atoms with Crippen molar-refractivity contribution < 1.29 is 4.79 Å². The average molecular weight is 293 g/mol. The second kappa shape index (κ2) is 6.66. The molecule has 1 saturated carbocycles. The van der Waals surface area contributed by atoms with E-state index < -0.39 is 0 Å². The molecule has 0 bridgehead atoms. The number of amides is 1. The third-order valence-corrected chi connectivity index (χ3v) is 5.67. The maximum atomic E-state index is 12.8. The Bertz CT molecular complexity index is 361. The molecule has 0 aromatic rings. The van der Waals surface area contributed by atoms with Gasteiger partial charge in [0, 0.05) is 12.6 Å². The van der Waals surface area contributed by atoms with Crippen molar-refractivity contribution in [3.8, 4) is 0 Å². The largest absolute Gasteiger partial charge is 0.322 e. The summed E-state index contributed by atoms with van der Waals surface area (Å²) in [5.41, 5.74) is 0. The molecule has 2 aliphatic heterocycles. The van der Waals surface area contributed by atoms with Crippen molar-refractivity contribution in [3.63, 3.8) is 0 Å². The number of nitrogens with zero attached hydrogens (tertiary/aromatic N) is 2. The number of hydrogen-bond acceptors (Lipinski definition) is 3. The van der Waals surface area contributed by atoms with Crippen molar-refractivity contribution >= 4 is 5.91 Å². The molecule has 1 N–H and O–H groups in total. The van der Waals surface area contributed by atoms with Crippen molar-refractivity contribution in [2.75, 3.05) is 19.6 Å². The van der Waals surface area contributed by atoms with Gasteiger partial charge in [-0.25, -0.2) is 0 Å². The standard InChI is InChI=1S/C17H31N3O/c1-3-15-17(21)20(13(2)12-19-10-6-7-11-19)16(18-15)14-8-4-5-9-14/h13-16,18H,3-12H2,1-2H3. The summed E-state index contributed by atoms with van der Waals surface area (Å²) < 4.78 is 0. The van der Waals surface area contributed by atoms with Crippen LogP contribution in [0, 0.1) is 5.92 Å². The molecule has 4 nitrogen and oxygen atoms in total. The lowest BCUT2D eigenvalue weighted by molar-refractivity contribution is -0.133. The van der Waals surface area contributed by atoms with Crippen LogP contribution < -0.4 is 5.32 Å². The highest BCUT2D eigenvalue weighted by molar-refractivity contribution is 5.84. The van der Waals surface area contributed by atoms with Gasteiger partial charge in [0.1, 0.15) is 0 Å². The van der Waals surface area contributed by atoms with Crippen LogP contribution in [-0.4, -0.2) is 53.6 Å². The second-order valence-corrected chi connectivity index (χ2v) is 7.22. The fourth-order valence-corrected chi connectivity index (χ4v) is 4.52. The van der Waals surface area contributed by atoms with E-state index in [1.807, 2.05) is 0 Å². The van der Waals surface area contributed by atoms with Crippen molar-refractivity contribution in [1.29, 1.82) is 0 Å². The van der Waals surface area contributed by atoms with E-state index in [0.717, 1.165) is 13.0 Å². The van der Waals surface area contributed by atoms with E-state index in [9.17, 15) is 4.79 Å². The van der Waals surface area contributed by atoms with Crippen LogP contribution in [0.4, 0.5) is 0 Å². The van der Waals surface area contributed by atoms with Gasteiger partial charge in [-0.15, -0.1) is 0 Å². The van der Waals surface area contributed by atoms with Crippen LogP contribution in [0.5, 0.6) is 0 Å². The Morgan fingerprint density at radius 3 is 2.48 bits per heavy atom. The van der Waals surface area contributed by atoms with E-state index in [0.29, 0.717) is 24.0 Å². The fourth-order valence-electron chi connectivity index (χ4n) is 4.52. The van der Waals surface area contributed by atoms with Crippen LogP contribution in [0.2, 0.25) is 0 Å². The molecule has 3 fully saturated rings. The van der Waals surface area contributed by atoms with E-state index >= 15 is 0 Å². The highest BCUT2D eigenvalue weighted by Crippen LogP contribution is 2.33. The van der Waals surface area contributed by atoms with Gasteiger partial charge in [-0.3, -0.25) is 10.1 Å². The molecule has 0 radical (unpaired) electrons. The molecular formula is C17H31N3O. The van der Waals surface area contributed by atoms with E-state index in [1.54, 1.807) is 0 Å². The van der Waals surface area contributed by atoms with Gasteiger partial charge in [-0.05, 0) is 58.0 Å². The van der Waals surface area contributed by atoms with Crippen molar-refractivity contribution in [2.24, 2.45) is 5.92 Å². The first-order chi connectivity index (χ1) is 10.2. The molecule has 1 amide bonds. The highest BCUT2D eigenvalue weighted by atomic mass is 16.2. The summed E-state index contributed by atoms with van der Waals surface area (Å²) in [7, 11) is 0. The minimum atomic E-state index is 0.0524. The monoisotopic (exact) mass is 293 g/mol. The number of carbonyl (C=O) groups is 1. The fraction of sp³-hybridized carbons (Fsp3) is 0.941. The number of nitrogens with one attached hydrogen (secondary N) is 1. The Labute approximate surface area is 129 Å². The lowest BCUT2D eigenvalue weighted by Crippen LogP contribution is -2.50. The van der Waals surface area contributed by atoms with E-state index in [2.05, 4.69) is 29.0 Å². The first-order valence-electron chi connectivity index (χ1n) is 9.01. The predicted octanol–water partition coefficient (Wildman–Crippen LogP) is 2.20. The van der Waals surface area contributed by atoms with Crippen molar-refractivity contribution in [3.05, 3.63) is 0 Å². The normalized spacial score (nSPS) is 33.2. The summed E-state index contributed by atoms with van der Waals surface area (Å²) in [6.07, 6.45) is 9.09. The number of likely N-dealkylation sites (tertiary alicyclic amines) is 1. The summed E-state index contributed by atoms with van der Waals surface area (Å²) in [4.78, 5) is 17.5. The Morgan fingerprint density at radius 1 is 1.19 bits per heavy atom. The maximum Gasteiger partial charge on any atom is 0.241 e. The molecule has 1 aliphatic carbocycles. The summed E-state index contributed by atoms with van der Waals surface area (Å²) in [5, 5.41) is 3.65. The molecule has 2 saturated heterocycles. The first-order valence-corrected chi connectivity index (χ1v) is 9.01. The number of carbonyl (C=O) groups excluding carboxylic acids is 1. The lowest BCUT2D eigenvalue weighted by atomic mass is 10.0. The zero-order chi connectivity index (χ0) is 14.8. The van der Waals surface area contributed by atoms with Crippen LogP contribution in [0.1, 0.15) is 58.8 Å². The summed E-state index contributed by atoms with van der Waals surface area (Å²) >= 11 is 0. The average Bonchev–Trinajstić information content (AvgIpc) is 3.17. The van der Waals surface area contributed by atoms with Crippen LogP contribution in [0.3, 0.4) is 0 Å². The van der Waals surface area contributed by atoms with E-state index in [-0.39, 0.29) is 6.04 Å². The zero-order valence-corrected chi connectivity index (χ0v) is 13.7. The molecule has 4 heteroatoms. The second-order valence-electron chi connectivity index (χ2n) is 7.22. The molecule has 0 spiro atoms. The third-order valence-electron chi connectivity index (χ3n) is 5.67. The molecule has 21 heavy (non-hydrogen) atoms. The molecule has 0 aromatic heterocycles. The Hall–Kier alpha value is -0.610. The van der Waals surface area contributed by atoms with E-state index in [1.165, 1.54) is 51.6 Å². The highest BCUT2D eigenvalue weighted by Gasteiger charge is 2.44. The van der Waals surface area contributed by atoms with Gasteiger partial charge in [0.25, 0.3) is 0 Å². The molecule has 120 valence electrons. The first kappa shape index (κ1) is 15.3. The third kappa shape index (κ3) is 3.11. The molecule has 3 atom stereocenters. The van der Waals surface area contributed by atoms with Gasteiger partial charge in [0.15, 0.2) is 0 Å². The van der Waals surface area contributed by atoms with Gasteiger partial charge in [-0.2, -0.15) is 0 Å². The zero-order valence-electron chi connectivity index (χ0n) is 13.7. The molecular weight excluding hydrogens is 262 g/mol. The summed E-state index contributed by atoms with van der Waals surface area (Å²) in [6, 6.07) is 0.391. The summed E-state index contributed by atoms with van der Waals surface area (Å²) in [5.74, 6) is 1.02. The van der Waals surface area contributed by atoms with Crippen LogP contribution in [0.25, 0.3) is 0 Å². The Kier molecular flexibility index (Phi) is 4.85. The maximum absolute atomic E-state index is 12.8. The Balaban J connectivity index is 1.69. The lowest BCUT2D eigenvalue weighted by Gasteiger charge is -2.35. The molecule has 3 aliphatic rings. The molecule has 3 unspecified atom stereocenters. The Morgan fingerprint density at radius 2 is 1.86 bits per heavy atom. The predicted molar refractivity (Wildman–Crippen MR) is 84.9 cm³/mol. The van der Waals surface area contributed by atoms with Gasteiger partial charge in [0.05, 0.1) is 12.2 Å². The minimum Gasteiger partial charge on any atom is -0.322 e. The SMILES string of the molecule is CCC1NC(C2CCCC2)N(C(C)CN2CCCC2)C1=O. The van der Waals surface area contributed by atoms with Gasteiger partial charge >= 0.3 is 0 Å². The summed E-state index contributed by atoms with van der Waals surface area (Å²) in [6.45, 7) is 7.84. The van der Waals surface area contributed by atoms with Crippen LogP contribution >= 0.6 is 0 Å². The number of hydrogen-bond donors (Lipinski definition) is 1. The minimum absolute atomic E-state index is 0.0524. The topological polar surface area (TPSA) is 35.6 Å². The van der Waals surface area contributed by atoms with Crippen molar-refractivity contribution in [2.45, 2.75) is 77.0 Å². The quantitative estimate of drug-likeness (QED) is 0.844. The van der Waals surface area contributed by atoms with Gasteiger partial charge < -0.3 is 9.80 Å². The van der Waals surface area contributed by atoms with Gasteiger partial charge in [-0.1, -0.05) is 19.8 Å². The van der Waals surface area contributed by atoms with E-state index in [4.69, 9.17) is 0 Å². The molecule has 2 heterocycles. The molecule has 3 rings (SSSR count). The van der Waals surface area contributed by atoms with Crippen LogP contribution in [-0.2, 0) is 4.79 Å². The van der Waals surface area contributed by atoms with Crippen LogP contribution in [0.15, 0.2) is 0 Å². The molecule has 0 aromatic carbocycles. The van der Waals surface area contributed by atoms with Crippen molar-refractivity contribution in [1.82, 2.24) is 15.1 Å².